The smallest absolute Gasteiger partial charge is 0.317 e. The topological polar surface area (TPSA) is 55.9 Å². The maximum atomic E-state index is 13.6. The van der Waals surface area contributed by atoms with Gasteiger partial charge in [0.15, 0.2) is 0 Å². The van der Waals surface area contributed by atoms with E-state index < -0.39 is 0 Å². The van der Waals surface area contributed by atoms with Crippen molar-refractivity contribution in [3.05, 3.63) is 102 Å². The molecule has 0 bridgehead atoms. The van der Waals surface area contributed by atoms with Crippen LogP contribution in [0.3, 0.4) is 0 Å². The Morgan fingerprint density at radius 2 is 1.49 bits per heavy atom. The molecule has 7 heteroatoms. The molecule has 180 valence electrons. The lowest BCUT2D eigenvalue weighted by Gasteiger charge is -2.40. The van der Waals surface area contributed by atoms with Crippen LogP contribution in [0.25, 0.3) is 0 Å². The van der Waals surface area contributed by atoms with Gasteiger partial charge in [-0.2, -0.15) is 0 Å². The second-order valence-corrected chi connectivity index (χ2v) is 9.08. The SMILES string of the molecule is O=C(NC1CC(=O)N(c2cccc(F)c2)C1)N1CCN(C(c2ccccc2)c2ccccc2)CC1. The largest absolute Gasteiger partial charge is 0.333 e. The summed E-state index contributed by atoms with van der Waals surface area (Å²) < 4.78 is 13.6. The van der Waals surface area contributed by atoms with E-state index in [1.54, 1.807) is 12.1 Å². The zero-order valence-corrected chi connectivity index (χ0v) is 19.5. The van der Waals surface area contributed by atoms with Crippen molar-refractivity contribution >= 4 is 17.6 Å². The summed E-state index contributed by atoms with van der Waals surface area (Å²) in [5.41, 5.74) is 2.99. The lowest BCUT2D eigenvalue weighted by molar-refractivity contribution is -0.117. The van der Waals surface area contributed by atoms with Crippen molar-refractivity contribution in [1.29, 1.82) is 0 Å². The van der Waals surface area contributed by atoms with Gasteiger partial charge in [0.25, 0.3) is 0 Å². The second-order valence-electron chi connectivity index (χ2n) is 9.08. The van der Waals surface area contributed by atoms with Gasteiger partial charge in [0, 0.05) is 44.8 Å². The van der Waals surface area contributed by atoms with E-state index in [0.29, 0.717) is 25.3 Å². The van der Waals surface area contributed by atoms with E-state index in [2.05, 4.69) is 58.7 Å². The Hall–Kier alpha value is -3.71. The minimum Gasteiger partial charge on any atom is -0.333 e. The van der Waals surface area contributed by atoms with E-state index in [9.17, 15) is 14.0 Å². The molecule has 35 heavy (non-hydrogen) atoms. The van der Waals surface area contributed by atoms with Crippen LogP contribution in [0.4, 0.5) is 14.9 Å². The number of carbonyl (C=O) groups is 2. The van der Waals surface area contributed by atoms with Gasteiger partial charge in [-0.15, -0.1) is 0 Å². The van der Waals surface area contributed by atoms with Crippen molar-refractivity contribution in [2.24, 2.45) is 0 Å². The van der Waals surface area contributed by atoms with Crippen molar-refractivity contribution < 1.29 is 14.0 Å². The number of carbonyl (C=O) groups excluding carboxylic acids is 2. The molecular formula is C28H29FN4O2. The molecular weight excluding hydrogens is 443 g/mol. The summed E-state index contributed by atoms with van der Waals surface area (Å²) in [6.45, 7) is 3.06. The minimum absolute atomic E-state index is 0.112. The van der Waals surface area contributed by atoms with Crippen molar-refractivity contribution in [2.45, 2.75) is 18.5 Å². The predicted octanol–water partition coefficient (Wildman–Crippen LogP) is 4.05. The molecule has 1 N–H and O–H groups in total. The standard InChI is InChI=1S/C28H29FN4O2/c29-23-12-7-13-25(18-23)33-20-24(19-26(33)34)30-28(35)32-16-14-31(15-17-32)27(21-8-3-1-4-9-21)22-10-5-2-6-11-22/h1-13,18,24,27H,14-17,19-20H2,(H,30,35). The number of urea groups is 1. The number of benzene rings is 3. The maximum Gasteiger partial charge on any atom is 0.317 e. The highest BCUT2D eigenvalue weighted by Gasteiger charge is 2.34. The minimum atomic E-state index is -0.384. The van der Waals surface area contributed by atoms with Crippen LogP contribution < -0.4 is 10.2 Å². The highest BCUT2D eigenvalue weighted by atomic mass is 19.1. The number of nitrogens with zero attached hydrogens (tertiary/aromatic N) is 3. The van der Waals surface area contributed by atoms with Crippen LogP contribution in [-0.2, 0) is 4.79 Å². The van der Waals surface area contributed by atoms with Gasteiger partial charge in [-0.1, -0.05) is 66.7 Å². The average molecular weight is 473 g/mol. The van der Waals surface area contributed by atoms with Crippen LogP contribution in [0.2, 0.25) is 0 Å². The van der Waals surface area contributed by atoms with Crippen LogP contribution in [0, 0.1) is 5.82 Å². The summed E-state index contributed by atoms with van der Waals surface area (Å²) in [4.78, 5) is 31.2. The molecule has 2 aliphatic rings. The van der Waals surface area contributed by atoms with E-state index in [-0.39, 0.29) is 36.3 Å². The number of amides is 3. The molecule has 2 aliphatic heterocycles. The number of hydrogen-bond acceptors (Lipinski definition) is 3. The van der Waals surface area contributed by atoms with Crippen molar-refractivity contribution in [1.82, 2.24) is 15.1 Å². The Bertz CT molecular complexity index is 1130. The molecule has 0 radical (unpaired) electrons. The molecule has 3 aromatic rings. The summed E-state index contributed by atoms with van der Waals surface area (Å²) >= 11 is 0. The molecule has 0 aromatic heterocycles. The van der Waals surface area contributed by atoms with Crippen LogP contribution in [0.15, 0.2) is 84.9 Å². The lowest BCUT2D eigenvalue weighted by atomic mass is 9.96. The molecule has 0 spiro atoms. The molecule has 2 saturated heterocycles. The number of nitrogens with one attached hydrogen (secondary N) is 1. The zero-order chi connectivity index (χ0) is 24.2. The Morgan fingerprint density at radius 3 is 2.09 bits per heavy atom. The Balaban J connectivity index is 1.20. The Morgan fingerprint density at radius 1 is 0.857 bits per heavy atom. The van der Waals surface area contributed by atoms with Gasteiger partial charge in [0.2, 0.25) is 5.91 Å². The van der Waals surface area contributed by atoms with Gasteiger partial charge < -0.3 is 15.1 Å². The molecule has 6 nitrogen and oxygen atoms in total. The van der Waals surface area contributed by atoms with E-state index in [0.717, 1.165) is 13.1 Å². The fourth-order valence-corrected chi connectivity index (χ4v) is 5.03. The summed E-state index contributed by atoms with van der Waals surface area (Å²) in [6.07, 6.45) is 0.215. The first-order chi connectivity index (χ1) is 17.1. The lowest BCUT2D eigenvalue weighted by Crippen LogP contribution is -2.54. The monoisotopic (exact) mass is 472 g/mol. The van der Waals surface area contributed by atoms with E-state index in [1.807, 2.05) is 17.0 Å². The van der Waals surface area contributed by atoms with Gasteiger partial charge in [-0.3, -0.25) is 9.69 Å². The third kappa shape index (κ3) is 5.20. The van der Waals surface area contributed by atoms with Crippen LogP contribution in [0.1, 0.15) is 23.6 Å². The quantitative estimate of drug-likeness (QED) is 0.610. The molecule has 3 amide bonds. The summed E-state index contributed by atoms with van der Waals surface area (Å²) in [7, 11) is 0. The van der Waals surface area contributed by atoms with Crippen molar-refractivity contribution in [2.75, 3.05) is 37.6 Å². The molecule has 5 rings (SSSR count). The number of anilines is 1. The molecule has 3 aromatic carbocycles. The fourth-order valence-electron chi connectivity index (χ4n) is 5.03. The van der Waals surface area contributed by atoms with Gasteiger partial charge in [0.05, 0.1) is 12.1 Å². The molecule has 2 heterocycles. The Labute approximate surface area is 205 Å². The number of hydrogen-bond donors (Lipinski definition) is 1. The van der Waals surface area contributed by atoms with Gasteiger partial charge >= 0.3 is 6.03 Å². The second kappa shape index (κ2) is 10.3. The predicted molar refractivity (Wildman–Crippen MR) is 134 cm³/mol. The van der Waals surface area contributed by atoms with Gasteiger partial charge in [-0.25, -0.2) is 9.18 Å². The average Bonchev–Trinajstić information content (AvgIpc) is 3.25. The Kier molecular flexibility index (Phi) is 6.77. The normalized spacial score (nSPS) is 18.8. The number of piperazine rings is 1. The molecule has 1 unspecified atom stereocenters. The van der Waals surface area contributed by atoms with Crippen LogP contribution >= 0.6 is 0 Å². The van der Waals surface area contributed by atoms with E-state index in [1.165, 1.54) is 28.2 Å². The van der Waals surface area contributed by atoms with Crippen molar-refractivity contribution in [3.63, 3.8) is 0 Å². The van der Waals surface area contributed by atoms with Crippen molar-refractivity contribution in [3.8, 4) is 0 Å². The first-order valence-corrected chi connectivity index (χ1v) is 12.0. The third-order valence-corrected chi connectivity index (χ3v) is 6.77. The highest BCUT2D eigenvalue weighted by Crippen LogP contribution is 2.29. The van der Waals surface area contributed by atoms with Gasteiger partial charge in [-0.05, 0) is 29.3 Å². The zero-order valence-electron chi connectivity index (χ0n) is 19.5. The first-order valence-electron chi connectivity index (χ1n) is 12.0. The van der Waals surface area contributed by atoms with Crippen LogP contribution in [-0.4, -0.2) is 60.5 Å². The first kappa shape index (κ1) is 23.1. The van der Waals surface area contributed by atoms with Crippen LogP contribution in [0.5, 0.6) is 0 Å². The third-order valence-electron chi connectivity index (χ3n) is 6.77. The molecule has 2 fully saturated rings. The van der Waals surface area contributed by atoms with E-state index >= 15 is 0 Å². The van der Waals surface area contributed by atoms with E-state index in [4.69, 9.17) is 0 Å². The maximum absolute atomic E-state index is 13.6. The molecule has 0 saturated carbocycles. The summed E-state index contributed by atoms with van der Waals surface area (Å²) in [5.74, 6) is -0.496. The number of halogens is 1. The highest BCUT2D eigenvalue weighted by molar-refractivity contribution is 5.96. The number of rotatable bonds is 5. The fraction of sp³-hybridized carbons (Fsp3) is 0.286. The summed E-state index contributed by atoms with van der Waals surface area (Å²) in [6, 6.07) is 26.6. The van der Waals surface area contributed by atoms with Gasteiger partial charge in [0.1, 0.15) is 5.82 Å². The molecule has 1 atom stereocenters. The summed E-state index contributed by atoms with van der Waals surface area (Å²) in [5, 5.41) is 3.01. The molecule has 0 aliphatic carbocycles.